The minimum Gasteiger partial charge on any atom is -0.364 e. The minimum absolute atomic E-state index is 0.445. The fraction of sp³-hybridized carbons (Fsp3) is 0.500. The summed E-state index contributed by atoms with van der Waals surface area (Å²) in [5.41, 5.74) is 1.71. The van der Waals surface area contributed by atoms with Gasteiger partial charge in [0.2, 0.25) is 0 Å². The molecule has 1 saturated heterocycles. The van der Waals surface area contributed by atoms with E-state index in [1.54, 1.807) is 12.7 Å². The number of nitrogens with zero attached hydrogens (tertiary/aromatic N) is 4. The lowest BCUT2D eigenvalue weighted by molar-refractivity contribution is 0.788. The van der Waals surface area contributed by atoms with E-state index in [1.165, 1.54) is 0 Å². The molecule has 16 heavy (non-hydrogen) atoms. The molecular formula is C10H14N6. The van der Waals surface area contributed by atoms with Gasteiger partial charge < -0.3 is 15.2 Å². The molecule has 1 aliphatic heterocycles. The molecule has 1 atom stereocenters. The van der Waals surface area contributed by atoms with Crippen molar-refractivity contribution in [3.63, 3.8) is 0 Å². The summed E-state index contributed by atoms with van der Waals surface area (Å²) >= 11 is 0. The fourth-order valence-electron chi connectivity index (χ4n) is 2.02. The van der Waals surface area contributed by atoms with Gasteiger partial charge in [0.25, 0.3) is 0 Å². The van der Waals surface area contributed by atoms with Crippen molar-refractivity contribution < 1.29 is 0 Å². The second kappa shape index (κ2) is 3.71. The van der Waals surface area contributed by atoms with Crippen LogP contribution in [0.5, 0.6) is 0 Å². The third kappa shape index (κ3) is 1.51. The normalized spacial score (nSPS) is 20.4. The lowest BCUT2D eigenvalue weighted by Gasteiger charge is -2.11. The van der Waals surface area contributed by atoms with E-state index in [4.69, 9.17) is 0 Å². The molecule has 84 valence electrons. The predicted octanol–water partition coefficient (Wildman–Crippen LogP) is 0.137. The number of hydrogen-bond acceptors (Lipinski definition) is 5. The van der Waals surface area contributed by atoms with Crippen molar-refractivity contribution in [2.45, 2.75) is 12.5 Å². The summed E-state index contributed by atoms with van der Waals surface area (Å²) in [6.07, 6.45) is 4.46. The summed E-state index contributed by atoms with van der Waals surface area (Å²) in [4.78, 5) is 12.8. The molecule has 0 aromatic carbocycles. The molecule has 2 aromatic rings. The topological polar surface area (TPSA) is 67.7 Å². The van der Waals surface area contributed by atoms with Crippen molar-refractivity contribution >= 4 is 17.0 Å². The number of aryl methyl sites for hydroxylation is 1. The number of anilines is 1. The first-order valence-corrected chi connectivity index (χ1v) is 5.44. The first-order valence-electron chi connectivity index (χ1n) is 5.44. The van der Waals surface area contributed by atoms with E-state index >= 15 is 0 Å². The molecule has 0 spiro atoms. The van der Waals surface area contributed by atoms with Gasteiger partial charge in [-0.25, -0.2) is 15.0 Å². The molecule has 0 amide bonds. The van der Waals surface area contributed by atoms with Gasteiger partial charge in [0, 0.05) is 19.6 Å². The van der Waals surface area contributed by atoms with Crippen LogP contribution in [-0.4, -0.2) is 38.7 Å². The number of aromatic nitrogens is 4. The van der Waals surface area contributed by atoms with Crippen molar-refractivity contribution in [3.8, 4) is 0 Å². The zero-order valence-corrected chi connectivity index (χ0v) is 9.14. The van der Waals surface area contributed by atoms with E-state index in [0.717, 1.165) is 36.5 Å². The Kier molecular flexibility index (Phi) is 2.21. The van der Waals surface area contributed by atoms with Crippen LogP contribution in [-0.2, 0) is 7.05 Å². The zero-order valence-electron chi connectivity index (χ0n) is 9.14. The molecule has 1 fully saturated rings. The van der Waals surface area contributed by atoms with Crippen LogP contribution in [0.1, 0.15) is 6.42 Å². The maximum Gasteiger partial charge on any atom is 0.165 e. The summed E-state index contributed by atoms with van der Waals surface area (Å²) in [6, 6.07) is 0.445. The molecule has 0 bridgehead atoms. The zero-order chi connectivity index (χ0) is 11.0. The van der Waals surface area contributed by atoms with Gasteiger partial charge in [0.05, 0.1) is 6.33 Å². The summed E-state index contributed by atoms with van der Waals surface area (Å²) in [7, 11) is 1.93. The summed E-state index contributed by atoms with van der Waals surface area (Å²) in [5, 5.41) is 6.72. The van der Waals surface area contributed by atoms with Crippen LogP contribution < -0.4 is 10.6 Å². The lowest BCUT2D eigenvalue weighted by atomic mass is 10.2. The maximum absolute atomic E-state index is 4.32. The highest BCUT2D eigenvalue weighted by Gasteiger charge is 2.16. The van der Waals surface area contributed by atoms with Crippen LogP contribution in [0.4, 0.5) is 5.82 Å². The SMILES string of the molecule is Cn1cnc2c(N[C@H]3CCNC3)ncnc21. The van der Waals surface area contributed by atoms with Gasteiger partial charge in [-0.2, -0.15) is 0 Å². The van der Waals surface area contributed by atoms with Crippen LogP contribution in [0.25, 0.3) is 11.2 Å². The van der Waals surface area contributed by atoms with Crippen LogP contribution >= 0.6 is 0 Å². The van der Waals surface area contributed by atoms with Gasteiger partial charge in [-0.3, -0.25) is 0 Å². The Balaban J connectivity index is 1.96. The van der Waals surface area contributed by atoms with Crippen molar-refractivity contribution in [2.75, 3.05) is 18.4 Å². The molecule has 6 heteroatoms. The van der Waals surface area contributed by atoms with Crippen LogP contribution in [0.3, 0.4) is 0 Å². The summed E-state index contributed by atoms with van der Waals surface area (Å²) < 4.78 is 1.90. The van der Waals surface area contributed by atoms with Gasteiger partial charge in [-0.1, -0.05) is 0 Å². The smallest absolute Gasteiger partial charge is 0.165 e. The standard InChI is InChI=1S/C10H14N6/c1-16-6-14-8-9(12-5-13-10(8)16)15-7-2-3-11-4-7/h5-7,11H,2-4H2,1H3,(H,12,13,15)/t7-/m0/s1. The highest BCUT2D eigenvalue weighted by Crippen LogP contribution is 2.18. The Hall–Kier alpha value is -1.69. The molecule has 0 saturated carbocycles. The van der Waals surface area contributed by atoms with Crippen LogP contribution in [0, 0.1) is 0 Å². The second-order valence-electron chi connectivity index (χ2n) is 4.08. The average Bonchev–Trinajstić information content (AvgIpc) is 2.90. The first kappa shape index (κ1) is 9.53. The van der Waals surface area contributed by atoms with E-state index < -0.39 is 0 Å². The number of rotatable bonds is 2. The summed E-state index contributed by atoms with van der Waals surface area (Å²) in [5.74, 6) is 0.833. The second-order valence-corrected chi connectivity index (χ2v) is 4.08. The van der Waals surface area contributed by atoms with Gasteiger partial charge >= 0.3 is 0 Å². The molecule has 3 heterocycles. The van der Waals surface area contributed by atoms with Gasteiger partial charge in [-0.05, 0) is 13.0 Å². The van der Waals surface area contributed by atoms with Crippen molar-refractivity contribution in [1.82, 2.24) is 24.8 Å². The highest BCUT2D eigenvalue weighted by molar-refractivity contribution is 5.82. The third-order valence-electron chi connectivity index (χ3n) is 2.90. The molecular weight excluding hydrogens is 204 g/mol. The predicted molar refractivity (Wildman–Crippen MR) is 61.2 cm³/mol. The third-order valence-corrected chi connectivity index (χ3v) is 2.90. The van der Waals surface area contributed by atoms with Crippen LogP contribution in [0.2, 0.25) is 0 Å². The molecule has 1 aliphatic rings. The molecule has 0 radical (unpaired) electrons. The van der Waals surface area contributed by atoms with Crippen LogP contribution in [0.15, 0.2) is 12.7 Å². The van der Waals surface area contributed by atoms with E-state index in [0.29, 0.717) is 6.04 Å². The molecule has 0 unspecified atom stereocenters. The highest BCUT2D eigenvalue weighted by atomic mass is 15.1. The lowest BCUT2D eigenvalue weighted by Crippen LogP contribution is -2.22. The van der Waals surface area contributed by atoms with Gasteiger partial charge in [-0.15, -0.1) is 0 Å². The van der Waals surface area contributed by atoms with Gasteiger partial charge in [0.1, 0.15) is 11.8 Å². The number of fused-ring (bicyclic) bond motifs is 1. The molecule has 2 aromatic heterocycles. The minimum atomic E-state index is 0.445. The number of imidazole rings is 1. The Morgan fingerprint density at radius 1 is 1.44 bits per heavy atom. The Morgan fingerprint density at radius 3 is 3.19 bits per heavy atom. The number of nitrogens with one attached hydrogen (secondary N) is 2. The van der Waals surface area contributed by atoms with Gasteiger partial charge in [0.15, 0.2) is 11.5 Å². The van der Waals surface area contributed by atoms with E-state index in [-0.39, 0.29) is 0 Å². The van der Waals surface area contributed by atoms with E-state index in [1.807, 2.05) is 11.6 Å². The fourth-order valence-corrected chi connectivity index (χ4v) is 2.02. The van der Waals surface area contributed by atoms with Crippen molar-refractivity contribution in [2.24, 2.45) is 7.05 Å². The molecule has 6 nitrogen and oxygen atoms in total. The van der Waals surface area contributed by atoms with Crippen molar-refractivity contribution in [3.05, 3.63) is 12.7 Å². The van der Waals surface area contributed by atoms with E-state index in [9.17, 15) is 0 Å². The van der Waals surface area contributed by atoms with Crippen molar-refractivity contribution in [1.29, 1.82) is 0 Å². The van der Waals surface area contributed by atoms with E-state index in [2.05, 4.69) is 25.6 Å². The molecule has 0 aliphatic carbocycles. The largest absolute Gasteiger partial charge is 0.364 e. The Labute approximate surface area is 93.1 Å². The first-order chi connectivity index (χ1) is 7.84. The number of hydrogen-bond donors (Lipinski definition) is 2. The monoisotopic (exact) mass is 218 g/mol. The quantitative estimate of drug-likeness (QED) is 0.750. The summed E-state index contributed by atoms with van der Waals surface area (Å²) in [6.45, 7) is 2.05. The molecule has 3 rings (SSSR count). The Bertz CT molecular complexity index is 499. The average molecular weight is 218 g/mol. The maximum atomic E-state index is 4.32. The molecule has 2 N–H and O–H groups in total. The Morgan fingerprint density at radius 2 is 2.38 bits per heavy atom.